The summed E-state index contributed by atoms with van der Waals surface area (Å²) in [7, 11) is -3.14. The molecule has 0 N–H and O–H groups in total. The van der Waals surface area contributed by atoms with Crippen LogP contribution in [0, 0.1) is 11.8 Å². The van der Waals surface area contributed by atoms with Crippen LogP contribution in [0.4, 0.5) is 0 Å². The highest BCUT2D eigenvalue weighted by atomic mass is 32.1. The lowest BCUT2D eigenvalue weighted by atomic mass is 10.2. The Morgan fingerprint density at radius 1 is 1.19 bits per heavy atom. The molecule has 0 bridgehead atoms. The fourth-order valence-electron chi connectivity index (χ4n) is 0.760. The van der Waals surface area contributed by atoms with Crippen LogP contribution >= 0.6 is 19.8 Å². The number of aliphatic imine (C=N–C) groups is 1. The molecule has 6 heteroatoms. The van der Waals surface area contributed by atoms with Gasteiger partial charge in [0.1, 0.15) is 0 Å². The highest BCUT2D eigenvalue weighted by Crippen LogP contribution is 2.48. The minimum Gasteiger partial charge on any atom is -0.307 e. The molecule has 0 heterocycles. The van der Waals surface area contributed by atoms with Gasteiger partial charge in [-0.1, -0.05) is 27.7 Å². The molecule has 4 nitrogen and oxygen atoms in total. The molecular formula is C10H20NO3PS. The zero-order valence-electron chi connectivity index (χ0n) is 10.3. The van der Waals surface area contributed by atoms with Crippen molar-refractivity contribution in [3.63, 3.8) is 0 Å². The molecule has 0 unspecified atom stereocenters. The van der Waals surface area contributed by atoms with Gasteiger partial charge in [-0.2, -0.15) is 0 Å². The maximum absolute atomic E-state index is 12.2. The maximum atomic E-state index is 12.2. The van der Waals surface area contributed by atoms with Crippen molar-refractivity contribution in [3.8, 4) is 0 Å². The molecule has 16 heavy (non-hydrogen) atoms. The van der Waals surface area contributed by atoms with Crippen LogP contribution in [-0.2, 0) is 13.6 Å². The minimum atomic E-state index is -3.14. The van der Waals surface area contributed by atoms with Crippen LogP contribution in [-0.4, -0.2) is 24.7 Å². The first-order valence-electron chi connectivity index (χ1n) is 5.31. The predicted molar refractivity (Wildman–Crippen MR) is 69.1 cm³/mol. The van der Waals surface area contributed by atoms with Crippen LogP contribution in [0.2, 0.25) is 0 Å². The number of hydrogen-bond donors (Lipinski definition) is 0. The van der Waals surface area contributed by atoms with Gasteiger partial charge in [0.25, 0.3) is 0 Å². The Labute approximate surface area is 103 Å². The Morgan fingerprint density at radius 3 is 1.94 bits per heavy atom. The molecular weight excluding hydrogens is 245 g/mol. The van der Waals surface area contributed by atoms with Crippen molar-refractivity contribution >= 4 is 25.0 Å². The number of thiocarbonyl (C=S) groups is 1. The van der Waals surface area contributed by atoms with Gasteiger partial charge in [0.2, 0.25) is 0 Å². The monoisotopic (exact) mass is 265 g/mol. The van der Waals surface area contributed by atoms with Gasteiger partial charge in [0, 0.05) is 0 Å². The van der Waals surface area contributed by atoms with Gasteiger partial charge in [-0.05, 0) is 24.1 Å². The lowest BCUT2D eigenvalue weighted by molar-refractivity contribution is 0.173. The predicted octanol–water partition coefficient (Wildman–Crippen LogP) is 3.59. The van der Waals surface area contributed by atoms with E-state index < -0.39 is 7.60 Å². The van der Waals surface area contributed by atoms with E-state index in [1.54, 1.807) is 0 Å². The molecule has 0 amide bonds. The first kappa shape index (κ1) is 16.0. The van der Waals surface area contributed by atoms with E-state index >= 15 is 0 Å². The van der Waals surface area contributed by atoms with Gasteiger partial charge < -0.3 is 9.05 Å². The van der Waals surface area contributed by atoms with E-state index in [1.165, 1.54) is 0 Å². The third-order valence-corrected chi connectivity index (χ3v) is 3.22. The summed E-state index contributed by atoms with van der Waals surface area (Å²) in [5, 5.41) is 2.17. The summed E-state index contributed by atoms with van der Waals surface area (Å²) < 4.78 is 22.8. The molecule has 0 fully saturated rings. The van der Waals surface area contributed by atoms with Gasteiger partial charge in [-0.15, -0.1) is 0 Å². The summed E-state index contributed by atoms with van der Waals surface area (Å²) in [6, 6.07) is 0. The van der Waals surface area contributed by atoms with Crippen LogP contribution in [0.25, 0.3) is 0 Å². The van der Waals surface area contributed by atoms with Crippen LogP contribution in [0.1, 0.15) is 27.7 Å². The zero-order valence-corrected chi connectivity index (χ0v) is 12.0. The fraction of sp³-hybridized carbons (Fsp3) is 0.900. The molecule has 0 spiro atoms. The molecule has 94 valence electrons. The van der Waals surface area contributed by atoms with Gasteiger partial charge in [0.15, 0.2) is 6.29 Å². The van der Waals surface area contributed by atoms with E-state index in [1.807, 2.05) is 27.7 Å². The van der Waals surface area contributed by atoms with Gasteiger partial charge in [-0.25, -0.2) is 4.99 Å². The number of hydrogen-bond acceptors (Lipinski definition) is 5. The van der Waals surface area contributed by atoms with Gasteiger partial charge in [0.05, 0.1) is 18.4 Å². The largest absolute Gasteiger partial charge is 0.352 e. The molecule has 0 radical (unpaired) electrons. The summed E-state index contributed by atoms with van der Waals surface area (Å²) in [6.45, 7) is 8.71. The van der Waals surface area contributed by atoms with Crippen molar-refractivity contribution < 1.29 is 13.6 Å². The van der Waals surface area contributed by atoms with E-state index in [0.717, 1.165) is 0 Å². The number of nitrogens with zero attached hydrogens (tertiary/aromatic N) is 1. The van der Waals surface area contributed by atoms with Crippen molar-refractivity contribution in [2.75, 3.05) is 19.5 Å². The highest BCUT2D eigenvalue weighted by Gasteiger charge is 2.25. The van der Waals surface area contributed by atoms with E-state index in [0.29, 0.717) is 25.0 Å². The minimum absolute atomic E-state index is 0.0457. The van der Waals surface area contributed by atoms with Crippen LogP contribution in [0.15, 0.2) is 4.99 Å². The third kappa shape index (κ3) is 8.14. The average Bonchev–Trinajstić information content (AvgIpc) is 2.21. The summed E-state index contributed by atoms with van der Waals surface area (Å²) in [5.74, 6) is 0.597. The molecule has 0 aromatic heterocycles. The van der Waals surface area contributed by atoms with Gasteiger partial charge in [-0.3, -0.25) is 4.57 Å². The standard InChI is InChI=1S/C10H20NO3PS/c1-9(2)5-13-15(12,7-11-8-16)14-6-10(3)4/h9-10H,5-7H2,1-4H3. The molecule has 0 aliphatic carbocycles. The van der Waals surface area contributed by atoms with Crippen LogP contribution < -0.4 is 0 Å². The first-order valence-corrected chi connectivity index (χ1v) is 7.45. The van der Waals surface area contributed by atoms with E-state index in [9.17, 15) is 4.57 Å². The van der Waals surface area contributed by atoms with E-state index in [4.69, 9.17) is 9.05 Å². The second-order valence-corrected chi connectivity index (χ2v) is 6.58. The summed E-state index contributed by atoms with van der Waals surface area (Å²) in [6.07, 6.45) is -0.0457. The second kappa shape index (κ2) is 8.10. The molecule has 0 atom stereocenters. The normalized spacial score (nSPS) is 11.9. The Hall–Kier alpha value is -0.0500. The lowest BCUT2D eigenvalue weighted by Gasteiger charge is -2.18. The third-order valence-electron chi connectivity index (χ3n) is 1.52. The average molecular weight is 265 g/mol. The maximum Gasteiger partial charge on any atom is 0.352 e. The Bertz CT molecular complexity index is 272. The quantitative estimate of drug-likeness (QED) is 0.382. The number of isothiocyanates is 1. The van der Waals surface area contributed by atoms with Crippen molar-refractivity contribution in [3.05, 3.63) is 0 Å². The molecule has 0 aromatic carbocycles. The molecule has 0 aliphatic heterocycles. The molecule has 0 saturated carbocycles. The van der Waals surface area contributed by atoms with E-state index in [-0.39, 0.29) is 6.29 Å². The highest BCUT2D eigenvalue weighted by molar-refractivity contribution is 7.78. The fourth-order valence-corrected chi connectivity index (χ4v) is 2.45. The molecule has 0 aliphatic rings. The lowest BCUT2D eigenvalue weighted by Crippen LogP contribution is -2.07. The van der Waals surface area contributed by atoms with Crippen molar-refractivity contribution in [2.24, 2.45) is 16.8 Å². The summed E-state index contributed by atoms with van der Waals surface area (Å²) in [4.78, 5) is 3.65. The summed E-state index contributed by atoms with van der Waals surface area (Å²) >= 11 is 4.44. The van der Waals surface area contributed by atoms with Gasteiger partial charge >= 0.3 is 7.60 Å². The zero-order chi connectivity index (χ0) is 12.6. The first-order chi connectivity index (χ1) is 7.39. The summed E-state index contributed by atoms with van der Waals surface area (Å²) in [5.41, 5.74) is 0. The van der Waals surface area contributed by atoms with Crippen LogP contribution in [0.3, 0.4) is 0 Å². The Balaban J connectivity index is 4.35. The van der Waals surface area contributed by atoms with Crippen molar-refractivity contribution in [1.29, 1.82) is 0 Å². The molecule has 0 rings (SSSR count). The van der Waals surface area contributed by atoms with E-state index in [2.05, 4.69) is 22.4 Å². The Kier molecular flexibility index (Phi) is 8.08. The SMILES string of the molecule is CC(C)COP(=O)(CN=C=S)OCC(C)C. The van der Waals surface area contributed by atoms with Crippen LogP contribution in [0.5, 0.6) is 0 Å². The smallest absolute Gasteiger partial charge is 0.307 e. The Morgan fingerprint density at radius 2 is 1.62 bits per heavy atom. The molecule has 0 aromatic rings. The second-order valence-electron chi connectivity index (χ2n) is 4.38. The topological polar surface area (TPSA) is 47.9 Å². The number of rotatable bonds is 8. The van der Waals surface area contributed by atoms with Crippen molar-refractivity contribution in [2.45, 2.75) is 27.7 Å². The molecule has 0 saturated heterocycles. The van der Waals surface area contributed by atoms with Crippen molar-refractivity contribution in [1.82, 2.24) is 0 Å².